The van der Waals surface area contributed by atoms with Gasteiger partial charge in [0.2, 0.25) is 0 Å². The number of hydrogen-bond donors (Lipinski definition) is 0. The molecule has 0 N–H and O–H groups in total. The van der Waals surface area contributed by atoms with Crippen molar-refractivity contribution in [3.63, 3.8) is 0 Å². The average molecular weight is 441 g/mol. The summed E-state index contributed by atoms with van der Waals surface area (Å²) in [5, 5.41) is 0. The largest absolute Gasteiger partial charge is 0.509 e. The van der Waals surface area contributed by atoms with Gasteiger partial charge < -0.3 is 28.6 Å². The van der Waals surface area contributed by atoms with Crippen molar-refractivity contribution in [2.75, 3.05) is 26.9 Å². The van der Waals surface area contributed by atoms with E-state index in [1.807, 2.05) is 24.3 Å². The molecule has 1 aliphatic carbocycles. The van der Waals surface area contributed by atoms with Crippen LogP contribution in [0.3, 0.4) is 0 Å². The van der Waals surface area contributed by atoms with Crippen LogP contribution in [-0.4, -0.2) is 56.2 Å². The Morgan fingerprint density at radius 2 is 2.03 bits per heavy atom. The van der Waals surface area contributed by atoms with E-state index in [0.717, 1.165) is 11.1 Å². The van der Waals surface area contributed by atoms with Gasteiger partial charge in [-0.1, -0.05) is 37.5 Å². The fourth-order valence-corrected chi connectivity index (χ4v) is 4.67. The van der Waals surface area contributed by atoms with Crippen LogP contribution in [0.1, 0.15) is 24.0 Å². The van der Waals surface area contributed by atoms with Gasteiger partial charge in [0, 0.05) is 25.1 Å². The summed E-state index contributed by atoms with van der Waals surface area (Å²) in [6.45, 7) is 8.26. The van der Waals surface area contributed by atoms with Crippen LogP contribution in [0.4, 0.5) is 9.59 Å². The zero-order valence-electron chi connectivity index (χ0n) is 18.1. The Labute approximate surface area is 187 Å². The van der Waals surface area contributed by atoms with Crippen LogP contribution in [0, 0.1) is 0 Å². The van der Waals surface area contributed by atoms with Gasteiger partial charge >= 0.3 is 12.2 Å². The molecule has 1 amide bonds. The Kier molecular flexibility index (Phi) is 6.12. The molecule has 1 aromatic rings. The van der Waals surface area contributed by atoms with Gasteiger partial charge in [-0.05, 0) is 24.1 Å². The summed E-state index contributed by atoms with van der Waals surface area (Å²) in [6, 6.07) is 3.81. The summed E-state index contributed by atoms with van der Waals surface area (Å²) in [5.41, 5.74) is 1.54. The van der Waals surface area contributed by atoms with E-state index in [-0.39, 0.29) is 25.4 Å². The highest BCUT2D eigenvalue weighted by atomic mass is 16.7. The fraction of sp³-hybridized carbons (Fsp3) is 0.417. The van der Waals surface area contributed by atoms with Crippen LogP contribution in [-0.2, 0) is 26.2 Å². The maximum Gasteiger partial charge on any atom is 0.509 e. The van der Waals surface area contributed by atoms with Gasteiger partial charge in [0.1, 0.15) is 25.4 Å². The third-order valence-electron chi connectivity index (χ3n) is 6.09. The fourth-order valence-electron chi connectivity index (χ4n) is 4.67. The van der Waals surface area contributed by atoms with Gasteiger partial charge in [-0.2, -0.15) is 0 Å². The summed E-state index contributed by atoms with van der Waals surface area (Å²) >= 11 is 0. The van der Waals surface area contributed by atoms with E-state index in [2.05, 4.69) is 13.2 Å². The summed E-state index contributed by atoms with van der Waals surface area (Å²) in [6.07, 6.45) is 6.15. The Bertz CT molecular complexity index is 956. The molecular formula is C24H27NO7. The predicted octanol–water partition coefficient (Wildman–Crippen LogP) is 3.89. The van der Waals surface area contributed by atoms with Crippen LogP contribution in [0.25, 0.3) is 0 Å². The average Bonchev–Trinajstić information content (AvgIpc) is 3.03. The number of rotatable bonds is 6. The molecule has 0 bridgehead atoms. The van der Waals surface area contributed by atoms with E-state index in [1.54, 1.807) is 18.1 Å². The van der Waals surface area contributed by atoms with Crippen molar-refractivity contribution in [1.82, 2.24) is 4.90 Å². The third-order valence-corrected chi connectivity index (χ3v) is 6.09. The van der Waals surface area contributed by atoms with E-state index >= 15 is 0 Å². The molecule has 8 nitrogen and oxygen atoms in total. The maximum atomic E-state index is 12.6. The molecule has 3 unspecified atom stereocenters. The highest BCUT2D eigenvalue weighted by molar-refractivity contribution is 5.69. The zero-order valence-corrected chi connectivity index (χ0v) is 18.1. The van der Waals surface area contributed by atoms with E-state index in [9.17, 15) is 9.59 Å². The summed E-state index contributed by atoms with van der Waals surface area (Å²) in [4.78, 5) is 26.2. The number of amides is 1. The Balaban J connectivity index is 1.64. The molecule has 0 aromatic heterocycles. The molecule has 2 heterocycles. The minimum Gasteiger partial charge on any atom is -0.493 e. The summed E-state index contributed by atoms with van der Waals surface area (Å²) < 4.78 is 27.6. The molecule has 3 aliphatic rings. The van der Waals surface area contributed by atoms with Crippen molar-refractivity contribution < 1.29 is 33.3 Å². The Hall–Kier alpha value is -3.42. The first kappa shape index (κ1) is 21.8. The van der Waals surface area contributed by atoms with Gasteiger partial charge in [-0.25, -0.2) is 9.59 Å². The lowest BCUT2D eigenvalue weighted by atomic mass is 9.69. The monoisotopic (exact) mass is 441 g/mol. The number of methoxy groups -OCH3 is 1. The zero-order chi connectivity index (χ0) is 22.7. The minimum absolute atomic E-state index is 0.0862. The Morgan fingerprint density at radius 1 is 1.25 bits per heavy atom. The number of hydrogen-bond acceptors (Lipinski definition) is 7. The SMILES string of the molecule is C=CCOC(=O)OC1C=CC23CCN(C(=O)OCC=C)Cc4ccc(OC)c(c42)OC3C1. The molecule has 32 heavy (non-hydrogen) atoms. The smallest absolute Gasteiger partial charge is 0.493 e. The standard InChI is InChI=1S/C24H27NO7/c1-4-12-29-22(26)25-11-10-24-9-8-17(31-23(27)30-13-5-2)14-19(24)32-21-18(28-3)7-6-16(15-25)20(21)24/h4-9,17,19H,1-2,10-15H2,3H3. The molecule has 4 rings (SSSR count). The van der Waals surface area contributed by atoms with Crippen LogP contribution >= 0.6 is 0 Å². The number of carbonyl (C=O) groups excluding carboxylic acids is 2. The normalized spacial score (nSPS) is 24.8. The molecule has 3 atom stereocenters. The van der Waals surface area contributed by atoms with Crippen molar-refractivity contribution in [3.05, 3.63) is 60.7 Å². The van der Waals surface area contributed by atoms with Crippen LogP contribution in [0.15, 0.2) is 49.6 Å². The molecule has 0 fully saturated rings. The molecule has 1 spiro atoms. The van der Waals surface area contributed by atoms with Gasteiger partial charge in [0.05, 0.1) is 12.5 Å². The van der Waals surface area contributed by atoms with Crippen molar-refractivity contribution in [1.29, 1.82) is 0 Å². The number of benzene rings is 1. The maximum absolute atomic E-state index is 12.6. The topological polar surface area (TPSA) is 83.5 Å². The van der Waals surface area contributed by atoms with Gasteiger partial charge in [-0.3, -0.25) is 0 Å². The summed E-state index contributed by atoms with van der Waals surface area (Å²) in [7, 11) is 1.60. The second kappa shape index (κ2) is 8.98. The van der Waals surface area contributed by atoms with Gasteiger partial charge in [-0.15, -0.1) is 0 Å². The van der Waals surface area contributed by atoms with Gasteiger partial charge in [0.15, 0.2) is 11.5 Å². The van der Waals surface area contributed by atoms with Crippen molar-refractivity contribution >= 4 is 12.2 Å². The van der Waals surface area contributed by atoms with Crippen molar-refractivity contribution in [2.24, 2.45) is 0 Å². The highest BCUT2D eigenvalue weighted by Gasteiger charge is 2.53. The summed E-state index contributed by atoms with van der Waals surface area (Å²) in [5.74, 6) is 1.31. The molecule has 0 radical (unpaired) electrons. The molecule has 0 saturated carbocycles. The lowest BCUT2D eigenvalue weighted by Gasteiger charge is -2.36. The molecular weight excluding hydrogens is 414 g/mol. The first-order valence-corrected chi connectivity index (χ1v) is 10.6. The van der Waals surface area contributed by atoms with Crippen molar-refractivity contribution in [3.8, 4) is 11.5 Å². The van der Waals surface area contributed by atoms with E-state index in [4.69, 9.17) is 23.7 Å². The molecule has 2 aliphatic heterocycles. The lowest BCUT2D eigenvalue weighted by molar-refractivity contribution is 0.0178. The second-order valence-corrected chi connectivity index (χ2v) is 7.92. The molecule has 8 heteroatoms. The first-order chi connectivity index (χ1) is 15.5. The number of ether oxygens (including phenoxy) is 5. The predicted molar refractivity (Wildman–Crippen MR) is 116 cm³/mol. The number of carbonyl (C=O) groups is 2. The molecule has 0 saturated heterocycles. The van der Waals surface area contributed by atoms with Crippen LogP contribution < -0.4 is 9.47 Å². The van der Waals surface area contributed by atoms with E-state index in [1.165, 1.54) is 6.08 Å². The molecule has 1 aromatic carbocycles. The van der Waals surface area contributed by atoms with Crippen LogP contribution in [0.5, 0.6) is 11.5 Å². The Morgan fingerprint density at radius 3 is 2.78 bits per heavy atom. The number of nitrogens with zero attached hydrogens (tertiary/aromatic N) is 1. The van der Waals surface area contributed by atoms with E-state index < -0.39 is 17.7 Å². The van der Waals surface area contributed by atoms with Crippen molar-refractivity contribution in [2.45, 2.75) is 37.0 Å². The highest BCUT2D eigenvalue weighted by Crippen LogP contribution is 2.56. The lowest BCUT2D eigenvalue weighted by Crippen LogP contribution is -2.44. The van der Waals surface area contributed by atoms with E-state index in [0.29, 0.717) is 37.4 Å². The second-order valence-electron chi connectivity index (χ2n) is 7.92. The third kappa shape index (κ3) is 3.81. The first-order valence-electron chi connectivity index (χ1n) is 10.6. The van der Waals surface area contributed by atoms with Crippen LogP contribution in [0.2, 0.25) is 0 Å². The quantitative estimate of drug-likeness (QED) is 0.489. The minimum atomic E-state index is -0.749. The molecule has 170 valence electrons. The van der Waals surface area contributed by atoms with Gasteiger partial charge in [0.25, 0.3) is 0 Å².